The first kappa shape index (κ1) is 41.4. The van der Waals surface area contributed by atoms with Gasteiger partial charge in [0.25, 0.3) is 11.8 Å². The molecule has 1 unspecified atom stereocenters. The monoisotopic (exact) mass is 804 g/mol. The molecule has 3 aromatic rings. The predicted octanol–water partition coefficient (Wildman–Crippen LogP) is 2.13. The van der Waals surface area contributed by atoms with E-state index in [9.17, 15) is 37.5 Å². The maximum absolute atomic E-state index is 14.8. The average molecular weight is 805 g/mol. The van der Waals surface area contributed by atoms with E-state index in [-0.39, 0.29) is 25.3 Å². The minimum Gasteiger partial charge on any atom is -0.493 e. The molecule has 1 aromatic heterocycles. The van der Waals surface area contributed by atoms with Crippen LogP contribution in [-0.4, -0.2) is 105 Å². The van der Waals surface area contributed by atoms with Gasteiger partial charge >= 0.3 is 0 Å². The molecule has 2 aromatic carbocycles. The highest BCUT2D eigenvalue weighted by Crippen LogP contribution is 2.40. The first-order chi connectivity index (χ1) is 27.5. The number of hydrogen-bond acceptors (Lipinski definition) is 10. The molecule has 3 atom stereocenters. The summed E-state index contributed by atoms with van der Waals surface area (Å²) in [6, 6.07) is 9.55. The number of fused-ring (bicyclic) bond motifs is 1. The number of carbonyl (C=O) groups excluding carboxylic acids is 6. The molecular formula is C40H46F2N8O8. The van der Waals surface area contributed by atoms with Crippen molar-refractivity contribution in [1.29, 1.82) is 0 Å². The summed E-state index contributed by atoms with van der Waals surface area (Å²) in [5.41, 5.74) is 3.08. The van der Waals surface area contributed by atoms with Gasteiger partial charge in [0.15, 0.2) is 11.5 Å². The number of halogens is 2. The highest BCUT2D eigenvalue weighted by molar-refractivity contribution is 6.40. The Kier molecular flexibility index (Phi) is 11.9. The van der Waals surface area contributed by atoms with Gasteiger partial charge < -0.3 is 35.2 Å². The third-order valence-corrected chi connectivity index (χ3v) is 11.0. The lowest BCUT2D eigenvalue weighted by Crippen LogP contribution is -2.57. The molecule has 5 amide bonds. The molecule has 0 radical (unpaired) electrons. The van der Waals surface area contributed by atoms with Crippen LogP contribution < -0.4 is 25.4 Å². The third kappa shape index (κ3) is 8.69. The Morgan fingerprint density at radius 1 is 1.03 bits per heavy atom. The van der Waals surface area contributed by atoms with Crippen molar-refractivity contribution >= 4 is 40.9 Å². The number of carbonyl (C=O) groups is 6. The van der Waals surface area contributed by atoms with Gasteiger partial charge in [-0.15, -0.1) is 5.10 Å². The van der Waals surface area contributed by atoms with Crippen LogP contribution in [0.15, 0.2) is 48.7 Å². The van der Waals surface area contributed by atoms with E-state index in [2.05, 4.69) is 26.3 Å². The fourth-order valence-corrected chi connectivity index (χ4v) is 7.63. The molecule has 0 spiro atoms. The van der Waals surface area contributed by atoms with E-state index in [1.165, 1.54) is 14.2 Å². The van der Waals surface area contributed by atoms with Crippen LogP contribution in [0.3, 0.4) is 0 Å². The number of hydrogen-bond donors (Lipinski definition) is 3. The molecule has 3 N–H and O–H groups in total. The van der Waals surface area contributed by atoms with Crippen LogP contribution in [0.1, 0.15) is 68.0 Å². The largest absolute Gasteiger partial charge is 0.493 e. The van der Waals surface area contributed by atoms with Crippen molar-refractivity contribution in [3.8, 4) is 11.5 Å². The molecule has 0 bridgehead atoms. The molecule has 3 aliphatic heterocycles. The van der Waals surface area contributed by atoms with Gasteiger partial charge in [-0.3, -0.25) is 28.8 Å². The lowest BCUT2D eigenvalue weighted by Gasteiger charge is -2.32. The predicted molar refractivity (Wildman–Crippen MR) is 203 cm³/mol. The van der Waals surface area contributed by atoms with Crippen LogP contribution in [-0.2, 0) is 54.9 Å². The van der Waals surface area contributed by atoms with Crippen LogP contribution in [0.5, 0.6) is 11.5 Å². The Morgan fingerprint density at radius 2 is 1.79 bits per heavy atom. The number of Topliss-reactive ketones (excluding diaryl/α,β-unsaturated/α-hetero) is 1. The zero-order valence-corrected chi connectivity index (χ0v) is 32.9. The van der Waals surface area contributed by atoms with E-state index in [4.69, 9.17) is 9.47 Å². The molecule has 2 saturated heterocycles. The Balaban J connectivity index is 1.01. The maximum Gasteiger partial charge on any atom is 0.290 e. The Bertz CT molecular complexity index is 2170. The second-order valence-corrected chi connectivity index (χ2v) is 15.0. The van der Waals surface area contributed by atoms with Gasteiger partial charge in [-0.25, -0.2) is 13.5 Å². The Labute approximate surface area is 333 Å². The number of ketones is 1. The average Bonchev–Trinajstić information content (AvgIpc) is 4.00. The number of alkyl halides is 2. The summed E-state index contributed by atoms with van der Waals surface area (Å²) >= 11 is 0. The number of amides is 5. The van der Waals surface area contributed by atoms with E-state index in [1.54, 1.807) is 27.8 Å². The molecule has 6 rings (SSSR count). The van der Waals surface area contributed by atoms with Gasteiger partial charge in [-0.05, 0) is 67.2 Å². The van der Waals surface area contributed by atoms with Gasteiger partial charge in [0.05, 0.1) is 40.1 Å². The van der Waals surface area contributed by atoms with Crippen molar-refractivity contribution in [3.63, 3.8) is 0 Å². The summed E-state index contributed by atoms with van der Waals surface area (Å²) in [7, 11) is 2.88. The quantitative estimate of drug-likeness (QED) is 0.203. The summed E-state index contributed by atoms with van der Waals surface area (Å²) in [5, 5.41) is 15.8. The van der Waals surface area contributed by atoms with E-state index in [0.29, 0.717) is 41.6 Å². The number of allylic oxidation sites excluding steroid dienone is 2. The second kappa shape index (κ2) is 16.7. The second-order valence-electron chi connectivity index (χ2n) is 15.0. The molecule has 2 fully saturated rings. The van der Waals surface area contributed by atoms with Crippen molar-refractivity contribution in [2.75, 3.05) is 27.3 Å². The minimum absolute atomic E-state index is 0.0326. The number of ether oxygens (including phenoxy) is 2. The summed E-state index contributed by atoms with van der Waals surface area (Å²) in [6.07, 6.45) is 2.54. The number of rotatable bonds is 14. The van der Waals surface area contributed by atoms with Crippen LogP contribution in [0, 0.1) is 5.92 Å². The summed E-state index contributed by atoms with van der Waals surface area (Å²) in [5.74, 6) is -8.47. The Morgan fingerprint density at radius 3 is 2.52 bits per heavy atom. The number of nitrogens with zero attached hydrogens (tertiary/aromatic N) is 5. The number of nitrogens with one attached hydrogen (secondary N) is 3. The lowest BCUT2D eigenvalue weighted by molar-refractivity contribution is -0.149. The van der Waals surface area contributed by atoms with Gasteiger partial charge in [0.1, 0.15) is 17.3 Å². The van der Waals surface area contributed by atoms with Crippen LogP contribution in [0.2, 0.25) is 0 Å². The van der Waals surface area contributed by atoms with Gasteiger partial charge in [-0.1, -0.05) is 35.6 Å². The van der Waals surface area contributed by atoms with Gasteiger partial charge in [0.2, 0.25) is 29.4 Å². The van der Waals surface area contributed by atoms with Crippen molar-refractivity contribution in [2.45, 2.75) is 83.7 Å². The standard InChI is InChI=1S/C40H46F2N8O8/c1-6-23(2)30-20-49(47-46-30)18-26-9-7-8-25-17-48(19-28(25)26)33(51)14-27-13-29(45-36(27)54)37(55)44-16-34(52)50-22-40(41,42)21-39(50,3)35(53)38(56)43-15-24-10-11-31(57-4)32(12-24)58-5/h6-12,20,27,29H,13-19,21-22H2,1-5H3,(H,43,56)(H,44,55)(H,45,54)/b23-6+/t27-,29?,39-/m0/s1. The molecule has 0 aliphatic carbocycles. The molecular weight excluding hydrogens is 758 g/mol. The first-order valence-corrected chi connectivity index (χ1v) is 18.8. The topological polar surface area (TPSA) is 194 Å². The molecule has 58 heavy (non-hydrogen) atoms. The number of benzene rings is 2. The highest BCUT2D eigenvalue weighted by Gasteiger charge is 2.59. The van der Waals surface area contributed by atoms with Crippen molar-refractivity contribution in [1.82, 2.24) is 40.7 Å². The first-order valence-electron chi connectivity index (χ1n) is 18.8. The molecule has 308 valence electrons. The normalized spacial score (nSPS) is 21.0. The van der Waals surface area contributed by atoms with Crippen molar-refractivity contribution in [3.05, 3.63) is 76.6 Å². The van der Waals surface area contributed by atoms with Gasteiger partial charge in [0, 0.05) is 38.4 Å². The highest BCUT2D eigenvalue weighted by atomic mass is 19.3. The van der Waals surface area contributed by atoms with Crippen molar-refractivity contribution in [2.24, 2.45) is 5.92 Å². The smallest absolute Gasteiger partial charge is 0.290 e. The number of methoxy groups -OCH3 is 2. The molecule has 18 heteroatoms. The number of likely N-dealkylation sites (tertiary alicyclic amines) is 1. The van der Waals surface area contributed by atoms with Crippen LogP contribution in [0.25, 0.3) is 5.57 Å². The fourth-order valence-electron chi connectivity index (χ4n) is 7.63. The van der Waals surface area contributed by atoms with E-state index in [1.807, 2.05) is 44.3 Å². The zero-order valence-electron chi connectivity index (χ0n) is 32.9. The maximum atomic E-state index is 14.8. The van der Waals surface area contributed by atoms with Gasteiger partial charge in [-0.2, -0.15) is 0 Å². The molecule has 3 aliphatic rings. The van der Waals surface area contributed by atoms with Crippen LogP contribution in [0.4, 0.5) is 8.78 Å². The fraction of sp³-hybridized carbons (Fsp3) is 0.450. The van der Waals surface area contributed by atoms with E-state index >= 15 is 0 Å². The van der Waals surface area contributed by atoms with Crippen molar-refractivity contribution < 1.29 is 47.0 Å². The molecule has 0 saturated carbocycles. The lowest BCUT2D eigenvalue weighted by atomic mass is 9.91. The third-order valence-electron chi connectivity index (χ3n) is 11.0. The molecule has 16 nitrogen and oxygen atoms in total. The number of aromatic nitrogens is 3. The minimum atomic E-state index is -3.49. The SMILES string of the molecule is C/C=C(\C)c1cn(Cc2cccc3c2CN(C(=O)C[C@@H]2CC(C(=O)NCC(=O)N4CC(F)(F)C[C@@]4(C)C(=O)C(=O)NCc4ccc(OC)c(OC)c4)NC2=O)C3)nn1. The summed E-state index contributed by atoms with van der Waals surface area (Å²) in [4.78, 5) is 81.3. The van der Waals surface area contributed by atoms with E-state index < -0.39 is 72.3 Å². The molecule has 4 heterocycles. The van der Waals surface area contributed by atoms with Crippen LogP contribution >= 0.6 is 0 Å². The Hall–Kier alpha value is -6.20. The summed E-state index contributed by atoms with van der Waals surface area (Å²) in [6.45, 7) is 4.07. The summed E-state index contributed by atoms with van der Waals surface area (Å²) < 4.78 is 41.7. The zero-order chi connectivity index (χ0) is 41.9. The van der Waals surface area contributed by atoms with E-state index in [0.717, 1.165) is 34.9 Å².